The van der Waals surface area contributed by atoms with Crippen molar-refractivity contribution < 1.29 is 14.6 Å². The fourth-order valence-corrected chi connectivity index (χ4v) is 2.69. The van der Waals surface area contributed by atoms with E-state index in [0.29, 0.717) is 13.0 Å². The Morgan fingerprint density at radius 3 is 2.25 bits per heavy atom. The third-order valence-corrected chi connectivity index (χ3v) is 3.29. The molecule has 16 heavy (non-hydrogen) atoms. The first-order valence-electron chi connectivity index (χ1n) is 5.85. The van der Waals surface area contributed by atoms with Crippen LogP contribution in [0.1, 0.15) is 47.5 Å². The second-order valence-corrected chi connectivity index (χ2v) is 5.69. The van der Waals surface area contributed by atoms with Gasteiger partial charge in [0.15, 0.2) is 0 Å². The fraction of sp³-hybridized carbons (Fsp3) is 0.917. The summed E-state index contributed by atoms with van der Waals surface area (Å²) >= 11 is 0. The first-order chi connectivity index (χ1) is 7.17. The van der Waals surface area contributed by atoms with Crippen LogP contribution in [0.2, 0.25) is 0 Å². The van der Waals surface area contributed by atoms with E-state index in [-0.39, 0.29) is 0 Å². The lowest BCUT2D eigenvalue weighted by Gasteiger charge is -2.36. The third-order valence-electron chi connectivity index (χ3n) is 3.29. The van der Waals surface area contributed by atoms with Crippen LogP contribution in [0.3, 0.4) is 0 Å². The van der Waals surface area contributed by atoms with Gasteiger partial charge in [0.05, 0.1) is 11.2 Å². The van der Waals surface area contributed by atoms with E-state index < -0.39 is 22.7 Å². The van der Waals surface area contributed by atoms with Crippen LogP contribution in [-0.4, -0.2) is 34.4 Å². The zero-order valence-electron chi connectivity index (χ0n) is 10.9. The molecule has 0 saturated carbocycles. The lowest BCUT2D eigenvalue weighted by Crippen LogP contribution is -2.62. The van der Waals surface area contributed by atoms with E-state index in [1.807, 2.05) is 34.6 Å². The molecule has 0 aliphatic carbocycles. The zero-order chi connectivity index (χ0) is 12.6. The fourth-order valence-electron chi connectivity index (χ4n) is 2.69. The number of ether oxygens (including phenoxy) is 1. The topological polar surface area (TPSA) is 58.6 Å². The van der Waals surface area contributed by atoms with E-state index >= 15 is 0 Å². The zero-order valence-corrected chi connectivity index (χ0v) is 10.9. The number of carboxylic acids is 1. The molecule has 4 nitrogen and oxygen atoms in total. The molecule has 0 spiro atoms. The smallest absolute Gasteiger partial charge is 0.327 e. The van der Waals surface area contributed by atoms with Crippen LogP contribution in [0.4, 0.5) is 0 Å². The molecule has 94 valence electrons. The molecule has 1 saturated heterocycles. The van der Waals surface area contributed by atoms with Crippen LogP contribution in [0.25, 0.3) is 0 Å². The van der Waals surface area contributed by atoms with Gasteiger partial charge in [-0.2, -0.15) is 0 Å². The van der Waals surface area contributed by atoms with Crippen molar-refractivity contribution in [3.8, 4) is 0 Å². The van der Waals surface area contributed by atoms with Gasteiger partial charge >= 0.3 is 5.97 Å². The van der Waals surface area contributed by atoms with Crippen LogP contribution in [-0.2, 0) is 9.53 Å². The molecule has 1 aliphatic heterocycles. The minimum absolute atomic E-state index is 0.400. The normalized spacial score (nSPS) is 31.6. The van der Waals surface area contributed by atoms with Gasteiger partial charge in [-0.25, -0.2) is 0 Å². The van der Waals surface area contributed by atoms with Crippen molar-refractivity contribution in [1.29, 1.82) is 0 Å². The van der Waals surface area contributed by atoms with Gasteiger partial charge in [0, 0.05) is 6.42 Å². The van der Waals surface area contributed by atoms with E-state index in [2.05, 4.69) is 5.32 Å². The molecule has 4 heteroatoms. The van der Waals surface area contributed by atoms with Gasteiger partial charge in [-0.05, 0) is 40.7 Å². The lowest BCUT2D eigenvalue weighted by atomic mass is 9.79. The summed E-state index contributed by atoms with van der Waals surface area (Å²) in [5.41, 5.74) is -2.08. The van der Waals surface area contributed by atoms with Crippen LogP contribution in [0.5, 0.6) is 0 Å². The van der Waals surface area contributed by atoms with E-state index in [9.17, 15) is 9.90 Å². The molecule has 0 aromatic heterocycles. The minimum Gasteiger partial charge on any atom is -0.480 e. The van der Waals surface area contributed by atoms with E-state index in [1.54, 1.807) is 0 Å². The maximum atomic E-state index is 11.6. The Balaban J connectivity index is 3.05. The second kappa shape index (κ2) is 4.00. The second-order valence-electron chi connectivity index (χ2n) is 5.69. The summed E-state index contributed by atoms with van der Waals surface area (Å²) in [6.07, 6.45) is 1.40. The largest absolute Gasteiger partial charge is 0.480 e. The summed E-state index contributed by atoms with van der Waals surface area (Å²) in [6, 6.07) is 0. The monoisotopic (exact) mass is 229 g/mol. The molecule has 1 unspecified atom stereocenters. The van der Waals surface area contributed by atoms with E-state index in [1.165, 1.54) is 0 Å². The summed E-state index contributed by atoms with van der Waals surface area (Å²) in [4.78, 5) is 11.6. The number of hydrogen-bond acceptors (Lipinski definition) is 3. The highest BCUT2D eigenvalue weighted by molar-refractivity contribution is 5.81. The lowest BCUT2D eigenvalue weighted by molar-refractivity contribution is -0.153. The third kappa shape index (κ3) is 2.09. The van der Waals surface area contributed by atoms with Crippen molar-refractivity contribution in [3.63, 3.8) is 0 Å². The first kappa shape index (κ1) is 13.5. The van der Waals surface area contributed by atoms with E-state index in [0.717, 1.165) is 6.42 Å². The van der Waals surface area contributed by atoms with Crippen molar-refractivity contribution in [2.75, 3.05) is 6.54 Å². The van der Waals surface area contributed by atoms with Crippen LogP contribution < -0.4 is 5.32 Å². The SMILES string of the molecule is CCCNC1(C(=O)O)CC(C)(C)OC1(C)C. The van der Waals surface area contributed by atoms with Gasteiger partial charge in [-0.15, -0.1) is 0 Å². The number of hydrogen-bond donors (Lipinski definition) is 2. The Hall–Kier alpha value is -0.610. The highest BCUT2D eigenvalue weighted by Gasteiger charge is 2.61. The van der Waals surface area contributed by atoms with Crippen molar-refractivity contribution >= 4 is 5.97 Å². The molecule has 1 rings (SSSR count). The number of aliphatic carboxylic acids is 1. The van der Waals surface area contributed by atoms with Gasteiger partial charge in [0.2, 0.25) is 0 Å². The molecule has 1 heterocycles. The van der Waals surface area contributed by atoms with Crippen molar-refractivity contribution in [2.45, 2.75) is 64.2 Å². The summed E-state index contributed by atoms with van der Waals surface area (Å²) in [6.45, 7) is 10.3. The first-order valence-corrected chi connectivity index (χ1v) is 5.85. The van der Waals surface area contributed by atoms with Crippen LogP contribution in [0, 0.1) is 0 Å². The van der Waals surface area contributed by atoms with Gasteiger partial charge in [-0.3, -0.25) is 10.1 Å². The van der Waals surface area contributed by atoms with E-state index in [4.69, 9.17) is 4.74 Å². The minimum atomic E-state index is -0.980. The molecule has 0 radical (unpaired) electrons. The summed E-state index contributed by atoms with van der Waals surface area (Å²) in [7, 11) is 0. The highest BCUT2D eigenvalue weighted by Crippen LogP contribution is 2.45. The number of carboxylic acid groups (broad SMARTS) is 1. The molecular formula is C12H23NO3. The van der Waals surface area contributed by atoms with Crippen LogP contribution in [0.15, 0.2) is 0 Å². The molecule has 2 N–H and O–H groups in total. The maximum absolute atomic E-state index is 11.6. The predicted molar refractivity (Wildman–Crippen MR) is 62.5 cm³/mol. The number of carbonyl (C=O) groups is 1. The number of rotatable bonds is 4. The van der Waals surface area contributed by atoms with Crippen molar-refractivity contribution in [1.82, 2.24) is 5.32 Å². The predicted octanol–water partition coefficient (Wildman–Crippen LogP) is 1.79. The summed E-state index contributed by atoms with van der Waals surface area (Å²) in [5, 5.41) is 12.7. The van der Waals surface area contributed by atoms with Gasteiger partial charge in [-0.1, -0.05) is 6.92 Å². The molecule has 0 aromatic rings. The quantitative estimate of drug-likeness (QED) is 0.771. The molecule has 0 bridgehead atoms. The van der Waals surface area contributed by atoms with Gasteiger partial charge < -0.3 is 9.84 Å². The van der Waals surface area contributed by atoms with Gasteiger partial charge in [0.25, 0.3) is 0 Å². The van der Waals surface area contributed by atoms with Crippen LogP contribution >= 0.6 is 0 Å². The van der Waals surface area contributed by atoms with Crippen molar-refractivity contribution in [2.24, 2.45) is 0 Å². The molecule has 0 amide bonds. The number of nitrogens with one attached hydrogen (secondary N) is 1. The summed E-state index contributed by atoms with van der Waals surface area (Å²) in [5.74, 6) is -0.823. The highest BCUT2D eigenvalue weighted by atomic mass is 16.5. The Morgan fingerprint density at radius 2 is 1.94 bits per heavy atom. The molecule has 1 atom stereocenters. The molecule has 1 aliphatic rings. The molecular weight excluding hydrogens is 206 g/mol. The average molecular weight is 229 g/mol. The maximum Gasteiger partial charge on any atom is 0.327 e. The molecule has 1 fully saturated rings. The van der Waals surface area contributed by atoms with Crippen molar-refractivity contribution in [3.05, 3.63) is 0 Å². The Labute approximate surface area is 97.4 Å². The average Bonchev–Trinajstić information content (AvgIpc) is 2.28. The summed E-state index contributed by atoms with van der Waals surface area (Å²) < 4.78 is 5.87. The Bertz CT molecular complexity index is 286. The van der Waals surface area contributed by atoms with Gasteiger partial charge in [0.1, 0.15) is 5.54 Å². The molecule has 0 aromatic carbocycles. The standard InChI is InChI=1S/C12H23NO3/c1-6-7-13-12(9(14)15)8-10(2,3)16-11(12,4)5/h13H,6-8H2,1-5H3,(H,14,15). The Kier molecular flexibility index (Phi) is 3.37. The Morgan fingerprint density at radius 1 is 1.38 bits per heavy atom.